The van der Waals surface area contributed by atoms with E-state index in [1.54, 1.807) is 6.08 Å². The van der Waals surface area contributed by atoms with Crippen molar-refractivity contribution in [2.45, 2.75) is 6.92 Å². The highest BCUT2D eigenvalue weighted by Gasteiger charge is 1.47. The Morgan fingerprint density at radius 2 is 2.29 bits per heavy atom. The summed E-state index contributed by atoms with van der Waals surface area (Å²) in [5.41, 5.74) is 5.17. The summed E-state index contributed by atoms with van der Waals surface area (Å²) in [4.78, 5) is 0. The van der Waals surface area contributed by atoms with Crippen molar-refractivity contribution >= 4 is 0 Å². The summed E-state index contributed by atoms with van der Waals surface area (Å²) in [7, 11) is 0. The summed E-state index contributed by atoms with van der Waals surface area (Å²) in [6.07, 6.45) is 5.55. The van der Waals surface area contributed by atoms with Gasteiger partial charge < -0.3 is 0 Å². The van der Waals surface area contributed by atoms with Crippen molar-refractivity contribution in [2.75, 3.05) is 0 Å². The van der Waals surface area contributed by atoms with Crippen LogP contribution < -0.4 is 0 Å². The zero-order chi connectivity index (χ0) is 5.54. The van der Waals surface area contributed by atoms with Gasteiger partial charge in [0.1, 0.15) is 0 Å². The fraction of sp³-hybridized carbons (Fsp3) is 0.143. The molecule has 0 amide bonds. The van der Waals surface area contributed by atoms with Crippen LogP contribution in [0.15, 0.2) is 36.3 Å². The van der Waals surface area contributed by atoms with Crippen molar-refractivity contribution in [2.24, 2.45) is 0 Å². The normalized spacial score (nSPS) is 7.57. The lowest BCUT2D eigenvalue weighted by Gasteiger charge is -1.57. The monoisotopic (exact) mass is 92.1 g/mol. The predicted octanol–water partition coefficient (Wildman–Crippen LogP) is 2.06. The second-order valence-corrected chi connectivity index (χ2v) is 1.01. The Balaban J connectivity index is 3.71. The Labute approximate surface area is 44.2 Å². The smallest absolute Gasteiger partial charge is 0.0119 e. The fourth-order valence-electron chi connectivity index (χ4n) is 0.203. The van der Waals surface area contributed by atoms with E-state index in [9.17, 15) is 0 Å². The molecule has 0 aromatic rings. The lowest BCUT2D eigenvalue weighted by atomic mass is 10.5. The van der Waals surface area contributed by atoms with Gasteiger partial charge in [0, 0.05) is 0 Å². The summed E-state index contributed by atoms with van der Waals surface area (Å²) in [5, 5.41) is 0. The Bertz CT molecular complexity index is 128. The van der Waals surface area contributed by atoms with E-state index < -0.39 is 0 Å². The molecule has 7 heavy (non-hydrogen) atoms. The molecule has 0 unspecified atom stereocenters. The largest absolute Gasteiger partial charge is 0.0870 e. The molecule has 0 rings (SSSR count). The Morgan fingerprint density at radius 1 is 1.57 bits per heavy atom. The Morgan fingerprint density at radius 3 is 2.71 bits per heavy atom. The molecule has 0 heterocycles. The van der Waals surface area contributed by atoms with Crippen molar-refractivity contribution < 1.29 is 0 Å². The van der Waals surface area contributed by atoms with Gasteiger partial charge in [0.2, 0.25) is 0 Å². The average Bonchev–Trinajstić information content (AvgIpc) is 1.69. The first kappa shape index (κ1) is 6.04. The van der Waals surface area contributed by atoms with Gasteiger partial charge in [0.05, 0.1) is 0 Å². The molecule has 0 atom stereocenters. The molecular formula is C7H8. The van der Waals surface area contributed by atoms with Crippen LogP contribution in [0.3, 0.4) is 0 Å². The molecule has 0 radical (unpaired) electrons. The van der Waals surface area contributed by atoms with Crippen molar-refractivity contribution in [3.63, 3.8) is 0 Å². The second-order valence-electron chi connectivity index (χ2n) is 1.01. The maximum Gasteiger partial charge on any atom is -0.0119 e. The third-order valence-corrected chi connectivity index (χ3v) is 0.474. The minimum Gasteiger partial charge on any atom is -0.0870 e. The molecule has 36 valence electrons. The molecule has 0 bridgehead atoms. The van der Waals surface area contributed by atoms with Crippen LogP contribution in [0.1, 0.15) is 6.92 Å². The summed E-state index contributed by atoms with van der Waals surface area (Å²) >= 11 is 0. The minimum absolute atomic E-state index is 1.76. The van der Waals surface area contributed by atoms with Gasteiger partial charge in [-0.05, 0) is 19.6 Å². The summed E-state index contributed by atoms with van der Waals surface area (Å²) in [5.74, 6) is 0. The van der Waals surface area contributed by atoms with Gasteiger partial charge in [-0.3, -0.25) is 0 Å². The first-order valence-corrected chi connectivity index (χ1v) is 2.14. The average molecular weight is 92.1 g/mol. The maximum absolute atomic E-state index is 3.33. The van der Waals surface area contributed by atoms with E-state index >= 15 is 0 Å². The van der Waals surface area contributed by atoms with Gasteiger partial charge >= 0.3 is 0 Å². The molecule has 0 aliphatic carbocycles. The molecule has 0 nitrogen and oxygen atoms in total. The van der Waals surface area contributed by atoms with Gasteiger partial charge in [0.15, 0.2) is 0 Å². The maximum atomic E-state index is 3.33. The van der Waals surface area contributed by atoms with Crippen LogP contribution in [-0.2, 0) is 0 Å². The number of hydrogen-bond donors (Lipinski definition) is 0. The Hall–Kier alpha value is -0.960. The van der Waals surface area contributed by atoms with Crippen LogP contribution in [0.25, 0.3) is 0 Å². The van der Waals surface area contributed by atoms with Crippen LogP contribution in [0.5, 0.6) is 0 Å². The first-order valence-electron chi connectivity index (χ1n) is 2.14. The van der Waals surface area contributed by atoms with E-state index in [2.05, 4.69) is 18.0 Å². The molecule has 0 spiro atoms. The zero-order valence-corrected chi connectivity index (χ0v) is 4.44. The van der Waals surface area contributed by atoms with E-state index in [1.165, 1.54) is 0 Å². The molecule has 0 heteroatoms. The number of hydrogen-bond acceptors (Lipinski definition) is 0. The summed E-state index contributed by atoms with van der Waals surface area (Å²) in [6.45, 7) is 5.28. The molecular weight excluding hydrogens is 84.1 g/mol. The van der Waals surface area contributed by atoms with Crippen molar-refractivity contribution in [1.29, 1.82) is 0 Å². The number of rotatable bonds is 1. The molecule has 0 aliphatic heterocycles. The predicted molar refractivity (Wildman–Crippen MR) is 32.0 cm³/mol. The SMILES string of the molecule is C=C=C=C/C=C/C. The lowest BCUT2D eigenvalue weighted by molar-refractivity contribution is 1.74. The Kier molecular flexibility index (Phi) is 4.35. The van der Waals surface area contributed by atoms with E-state index in [0.717, 1.165) is 0 Å². The molecule has 0 aromatic carbocycles. The summed E-state index contributed by atoms with van der Waals surface area (Å²) in [6, 6.07) is 0. The topological polar surface area (TPSA) is 0 Å². The first-order chi connectivity index (χ1) is 3.41. The van der Waals surface area contributed by atoms with Gasteiger partial charge in [-0.25, -0.2) is 0 Å². The second kappa shape index (κ2) is 5.04. The third kappa shape index (κ3) is 5.04. The van der Waals surface area contributed by atoms with Crippen LogP contribution >= 0.6 is 0 Å². The molecule has 0 fully saturated rings. The fourth-order valence-corrected chi connectivity index (χ4v) is 0.203. The van der Waals surface area contributed by atoms with Crippen LogP contribution in [0.4, 0.5) is 0 Å². The van der Waals surface area contributed by atoms with Gasteiger partial charge in [-0.1, -0.05) is 23.6 Å². The van der Waals surface area contributed by atoms with Crippen molar-refractivity contribution in [3.8, 4) is 0 Å². The van der Waals surface area contributed by atoms with E-state index in [4.69, 9.17) is 0 Å². The number of allylic oxidation sites excluding steroid dienone is 3. The van der Waals surface area contributed by atoms with E-state index in [0.29, 0.717) is 0 Å². The third-order valence-electron chi connectivity index (χ3n) is 0.474. The van der Waals surface area contributed by atoms with Crippen LogP contribution in [-0.4, -0.2) is 0 Å². The van der Waals surface area contributed by atoms with Crippen LogP contribution in [0, 0.1) is 0 Å². The van der Waals surface area contributed by atoms with Crippen molar-refractivity contribution in [3.05, 3.63) is 36.3 Å². The molecule has 0 aliphatic rings. The van der Waals surface area contributed by atoms with Gasteiger partial charge in [-0.2, -0.15) is 0 Å². The molecule has 0 saturated carbocycles. The lowest BCUT2D eigenvalue weighted by Crippen LogP contribution is -1.36. The quantitative estimate of drug-likeness (QED) is 0.343. The van der Waals surface area contributed by atoms with E-state index in [-0.39, 0.29) is 0 Å². The molecule has 0 aromatic heterocycles. The van der Waals surface area contributed by atoms with E-state index in [1.807, 2.05) is 19.1 Å². The van der Waals surface area contributed by atoms with Crippen LogP contribution in [0.2, 0.25) is 0 Å². The molecule has 0 N–H and O–H groups in total. The summed E-state index contributed by atoms with van der Waals surface area (Å²) < 4.78 is 0. The highest BCUT2D eigenvalue weighted by Crippen LogP contribution is 1.68. The van der Waals surface area contributed by atoms with Gasteiger partial charge in [0.25, 0.3) is 0 Å². The zero-order valence-electron chi connectivity index (χ0n) is 4.44. The minimum atomic E-state index is 1.76. The van der Waals surface area contributed by atoms with Crippen molar-refractivity contribution in [1.82, 2.24) is 0 Å². The highest BCUT2D eigenvalue weighted by molar-refractivity contribution is 4.99. The standard InChI is InChI=1S/C7H8/c1-3-5-7-6-4-2/h4,6-7H,1H2,2H3/b6-4+. The molecule has 0 saturated heterocycles. The van der Waals surface area contributed by atoms with Gasteiger partial charge in [-0.15, -0.1) is 0 Å². The highest BCUT2D eigenvalue weighted by atomic mass is 13.5.